The molecule has 0 radical (unpaired) electrons. The van der Waals surface area contributed by atoms with Crippen LogP contribution in [0.1, 0.15) is 22.7 Å². The fraction of sp³-hybridized carbons (Fsp3) is 0.250. The van der Waals surface area contributed by atoms with Crippen LogP contribution in [0.15, 0.2) is 47.4 Å². The van der Waals surface area contributed by atoms with Crippen molar-refractivity contribution in [2.75, 3.05) is 5.75 Å². The zero-order valence-corrected chi connectivity index (χ0v) is 13.2. The maximum Gasteiger partial charge on any atom is 0.0574 e. The SMILES string of the molecule is Cc1cc(C)cc(C(N)CS(=O)c2ccccc2Cl)c1. The summed E-state index contributed by atoms with van der Waals surface area (Å²) < 4.78 is 12.4. The highest BCUT2D eigenvalue weighted by Crippen LogP contribution is 2.22. The molecular weight excluding hydrogens is 290 g/mol. The van der Waals surface area contributed by atoms with E-state index >= 15 is 0 Å². The molecular formula is C16H18ClNOS. The predicted octanol–water partition coefficient (Wildman–Crippen LogP) is 3.76. The maximum absolute atomic E-state index is 12.4. The highest BCUT2D eigenvalue weighted by atomic mass is 35.5. The second-order valence-corrected chi connectivity index (χ2v) is 6.84. The molecule has 106 valence electrons. The van der Waals surface area contributed by atoms with Crippen molar-refractivity contribution in [2.24, 2.45) is 5.73 Å². The van der Waals surface area contributed by atoms with E-state index in [1.807, 2.05) is 38.1 Å². The molecule has 2 rings (SSSR count). The van der Waals surface area contributed by atoms with E-state index < -0.39 is 10.8 Å². The Balaban J connectivity index is 2.17. The summed E-state index contributed by atoms with van der Waals surface area (Å²) in [6.45, 7) is 4.07. The van der Waals surface area contributed by atoms with E-state index in [0.29, 0.717) is 15.7 Å². The van der Waals surface area contributed by atoms with Crippen molar-refractivity contribution < 1.29 is 4.21 Å². The molecule has 20 heavy (non-hydrogen) atoms. The van der Waals surface area contributed by atoms with Gasteiger partial charge in [0.25, 0.3) is 0 Å². The van der Waals surface area contributed by atoms with Gasteiger partial charge in [-0.25, -0.2) is 0 Å². The van der Waals surface area contributed by atoms with Gasteiger partial charge in [-0.15, -0.1) is 0 Å². The molecule has 4 heteroatoms. The highest BCUT2D eigenvalue weighted by molar-refractivity contribution is 7.85. The predicted molar refractivity (Wildman–Crippen MR) is 85.6 cm³/mol. The van der Waals surface area contributed by atoms with Gasteiger partial charge in [0.05, 0.1) is 20.7 Å². The Morgan fingerprint density at radius 3 is 2.35 bits per heavy atom. The van der Waals surface area contributed by atoms with Gasteiger partial charge in [-0.2, -0.15) is 0 Å². The second-order valence-electron chi connectivity index (χ2n) is 4.97. The number of rotatable bonds is 4. The van der Waals surface area contributed by atoms with E-state index in [0.717, 1.165) is 5.56 Å². The second kappa shape index (κ2) is 6.53. The van der Waals surface area contributed by atoms with Gasteiger partial charge < -0.3 is 5.73 Å². The maximum atomic E-state index is 12.4. The van der Waals surface area contributed by atoms with Crippen LogP contribution in [0.4, 0.5) is 0 Å². The fourth-order valence-electron chi connectivity index (χ4n) is 2.20. The lowest BCUT2D eigenvalue weighted by molar-refractivity contribution is 0.675. The van der Waals surface area contributed by atoms with Crippen molar-refractivity contribution in [3.63, 3.8) is 0 Å². The first-order valence-electron chi connectivity index (χ1n) is 6.44. The summed E-state index contributed by atoms with van der Waals surface area (Å²) in [6, 6.07) is 13.1. The topological polar surface area (TPSA) is 43.1 Å². The van der Waals surface area contributed by atoms with Gasteiger partial charge in [-0.05, 0) is 31.5 Å². The van der Waals surface area contributed by atoms with Crippen molar-refractivity contribution in [2.45, 2.75) is 24.8 Å². The van der Waals surface area contributed by atoms with Crippen molar-refractivity contribution in [3.8, 4) is 0 Å². The lowest BCUT2D eigenvalue weighted by Crippen LogP contribution is -2.18. The zero-order valence-electron chi connectivity index (χ0n) is 11.6. The molecule has 2 aromatic rings. The third-order valence-corrected chi connectivity index (χ3v) is 5.04. The van der Waals surface area contributed by atoms with Gasteiger partial charge in [0.15, 0.2) is 0 Å². The van der Waals surface area contributed by atoms with Crippen LogP contribution in [0.25, 0.3) is 0 Å². The molecule has 0 saturated carbocycles. The monoisotopic (exact) mass is 307 g/mol. The van der Waals surface area contributed by atoms with E-state index in [9.17, 15) is 4.21 Å². The zero-order chi connectivity index (χ0) is 14.7. The summed E-state index contributed by atoms with van der Waals surface area (Å²) in [6.07, 6.45) is 0. The molecule has 0 aromatic heterocycles. The van der Waals surface area contributed by atoms with Gasteiger partial charge in [-0.1, -0.05) is 53.1 Å². The standard InChI is InChI=1S/C16H18ClNOS/c1-11-7-12(2)9-13(8-11)15(18)10-20(19)16-6-4-3-5-14(16)17/h3-9,15H,10,18H2,1-2H3. The van der Waals surface area contributed by atoms with Crippen molar-refractivity contribution in [1.29, 1.82) is 0 Å². The van der Waals surface area contributed by atoms with E-state index in [1.54, 1.807) is 12.1 Å². The minimum absolute atomic E-state index is 0.259. The molecule has 2 atom stereocenters. The fourth-order valence-corrected chi connectivity index (χ4v) is 3.81. The van der Waals surface area contributed by atoms with Gasteiger partial charge in [0, 0.05) is 11.8 Å². The van der Waals surface area contributed by atoms with Crippen LogP contribution < -0.4 is 5.73 Å². The Hall–Kier alpha value is -1.16. The largest absolute Gasteiger partial charge is 0.323 e. The first-order chi connectivity index (χ1) is 9.47. The van der Waals surface area contributed by atoms with Crippen LogP contribution in [0.2, 0.25) is 5.02 Å². The molecule has 0 aliphatic carbocycles. The van der Waals surface area contributed by atoms with E-state index in [2.05, 4.69) is 6.07 Å². The number of halogens is 1. The molecule has 0 fully saturated rings. The van der Waals surface area contributed by atoms with E-state index in [1.165, 1.54) is 11.1 Å². The molecule has 0 spiro atoms. The molecule has 0 amide bonds. The Bertz CT molecular complexity index is 622. The van der Waals surface area contributed by atoms with Gasteiger partial charge in [-0.3, -0.25) is 4.21 Å². The Labute approximate surface area is 127 Å². The van der Waals surface area contributed by atoms with Gasteiger partial charge in [0.1, 0.15) is 0 Å². The third kappa shape index (κ3) is 3.69. The minimum atomic E-state index is -1.20. The third-order valence-electron chi connectivity index (χ3n) is 3.09. The molecule has 2 unspecified atom stereocenters. The molecule has 0 aliphatic rings. The average Bonchev–Trinajstić information content (AvgIpc) is 2.37. The number of hydrogen-bond acceptors (Lipinski definition) is 2. The van der Waals surface area contributed by atoms with Crippen LogP contribution in [-0.2, 0) is 10.8 Å². The molecule has 2 aromatic carbocycles. The molecule has 2 N–H and O–H groups in total. The van der Waals surface area contributed by atoms with Gasteiger partial charge >= 0.3 is 0 Å². The van der Waals surface area contributed by atoms with Crippen LogP contribution in [0.3, 0.4) is 0 Å². The summed E-state index contributed by atoms with van der Waals surface area (Å²) in [5.74, 6) is 0.368. The normalized spacial score (nSPS) is 14.0. The Morgan fingerprint density at radius 1 is 1.15 bits per heavy atom. The van der Waals surface area contributed by atoms with Crippen molar-refractivity contribution >= 4 is 22.4 Å². The average molecular weight is 308 g/mol. The Kier molecular flexibility index (Phi) is 4.97. The first-order valence-corrected chi connectivity index (χ1v) is 8.14. The lowest BCUT2D eigenvalue weighted by atomic mass is 10.0. The summed E-state index contributed by atoms with van der Waals surface area (Å²) in [5.41, 5.74) is 9.53. The van der Waals surface area contributed by atoms with Crippen LogP contribution in [0, 0.1) is 13.8 Å². The Morgan fingerprint density at radius 2 is 1.75 bits per heavy atom. The smallest absolute Gasteiger partial charge is 0.0574 e. The van der Waals surface area contributed by atoms with Crippen LogP contribution in [-0.4, -0.2) is 9.96 Å². The van der Waals surface area contributed by atoms with E-state index in [-0.39, 0.29) is 6.04 Å². The summed E-state index contributed by atoms with van der Waals surface area (Å²) >= 11 is 6.07. The summed E-state index contributed by atoms with van der Waals surface area (Å²) in [4.78, 5) is 0.647. The van der Waals surface area contributed by atoms with Crippen LogP contribution in [0.5, 0.6) is 0 Å². The molecule has 0 aliphatic heterocycles. The number of benzene rings is 2. The summed E-state index contributed by atoms with van der Waals surface area (Å²) in [7, 11) is -1.20. The van der Waals surface area contributed by atoms with Crippen molar-refractivity contribution in [1.82, 2.24) is 0 Å². The number of nitrogens with two attached hydrogens (primary N) is 1. The van der Waals surface area contributed by atoms with Crippen LogP contribution >= 0.6 is 11.6 Å². The van der Waals surface area contributed by atoms with Crippen molar-refractivity contribution in [3.05, 3.63) is 64.2 Å². The molecule has 0 bridgehead atoms. The molecule has 2 nitrogen and oxygen atoms in total. The quantitative estimate of drug-likeness (QED) is 0.934. The molecule has 0 heterocycles. The summed E-state index contributed by atoms with van der Waals surface area (Å²) in [5, 5.41) is 0.526. The lowest BCUT2D eigenvalue weighted by Gasteiger charge is -2.14. The minimum Gasteiger partial charge on any atom is -0.323 e. The van der Waals surface area contributed by atoms with Gasteiger partial charge in [0.2, 0.25) is 0 Å². The molecule has 0 saturated heterocycles. The highest BCUT2D eigenvalue weighted by Gasteiger charge is 2.14. The number of aryl methyl sites for hydroxylation is 2. The first kappa shape index (κ1) is 15.2. The number of hydrogen-bond donors (Lipinski definition) is 1. The van der Waals surface area contributed by atoms with E-state index in [4.69, 9.17) is 17.3 Å².